The first-order chi connectivity index (χ1) is 14.3. The Kier molecular flexibility index (Phi) is 6.59. The minimum absolute atomic E-state index is 0.0217. The molecule has 1 aliphatic rings. The van der Waals surface area contributed by atoms with Crippen LogP contribution in [0, 0.1) is 0 Å². The molecule has 0 bridgehead atoms. The summed E-state index contributed by atoms with van der Waals surface area (Å²) in [7, 11) is -4.09. The number of fused-ring (bicyclic) bond motifs is 1. The summed E-state index contributed by atoms with van der Waals surface area (Å²) in [6, 6.07) is 4.43. The number of carbonyl (C=O) groups is 2. The van der Waals surface area contributed by atoms with Gasteiger partial charge in [-0.15, -0.1) is 0 Å². The second-order valence-electron chi connectivity index (χ2n) is 6.36. The maximum Gasteiger partial charge on any atom is 0.302 e. The second kappa shape index (κ2) is 9.15. The van der Waals surface area contributed by atoms with Crippen molar-refractivity contribution in [1.82, 2.24) is 19.8 Å². The third-order valence-corrected chi connectivity index (χ3v) is 6.27. The third-order valence-electron chi connectivity index (χ3n) is 4.40. The maximum atomic E-state index is 13.2. The summed E-state index contributed by atoms with van der Waals surface area (Å²) in [5.74, 6) is -0.893. The lowest BCUT2D eigenvalue weighted by atomic mass is 10.0. The van der Waals surface area contributed by atoms with Crippen LogP contribution in [0.4, 0.5) is 0 Å². The topological polar surface area (TPSA) is 148 Å². The molecule has 3 rings (SSSR count). The first-order valence-corrected chi connectivity index (χ1v) is 10.4. The Hall–Kier alpha value is -3.09. The number of sulfonamides is 1. The number of esters is 1. The van der Waals surface area contributed by atoms with Gasteiger partial charge in [-0.1, -0.05) is 0 Å². The van der Waals surface area contributed by atoms with Gasteiger partial charge in [0.2, 0.25) is 10.0 Å². The number of ether oxygens (including phenoxy) is 2. The predicted octanol–water partition coefficient (Wildman–Crippen LogP) is 0.0395. The molecule has 2 heterocycles. The van der Waals surface area contributed by atoms with E-state index in [0.717, 1.165) is 4.31 Å². The third kappa shape index (κ3) is 4.72. The summed E-state index contributed by atoms with van der Waals surface area (Å²) >= 11 is 0. The molecule has 2 aromatic rings. The van der Waals surface area contributed by atoms with Gasteiger partial charge in [0.15, 0.2) is 0 Å². The van der Waals surface area contributed by atoms with Crippen molar-refractivity contribution >= 4 is 21.9 Å². The zero-order valence-corrected chi connectivity index (χ0v) is 16.8. The number of carbonyl (C=O) groups excluding carboxylic acids is 2. The van der Waals surface area contributed by atoms with Crippen molar-refractivity contribution in [3.8, 4) is 5.75 Å². The van der Waals surface area contributed by atoms with Gasteiger partial charge in [0.25, 0.3) is 5.91 Å². The molecule has 1 amide bonds. The fourth-order valence-electron chi connectivity index (χ4n) is 2.98. The van der Waals surface area contributed by atoms with Gasteiger partial charge in [-0.2, -0.15) is 4.31 Å². The highest BCUT2D eigenvalue weighted by molar-refractivity contribution is 7.89. The van der Waals surface area contributed by atoms with Crippen LogP contribution in [-0.4, -0.2) is 59.0 Å². The first-order valence-electron chi connectivity index (χ1n) is 8.93. The lowest BCUT2D eigenvalue weighted by Crippen LogP contribution is -2.52. The predicted molar refractivity (Wildman–Crippen MR) is 101 cm³/mol. The van der Waals surface area contributed by atoms with E-state index >= 15 is 0 Å². The van der Waals surface area contributed by atoms with Gasteiger partial charge < -0.3 is 9.47 Å². The quantitative estimate of drug-likeness (QED) is 0.266. The van der Waals surface area contributed by atoms with Crippen LogP contribution in [0.1, 0.15) is 18.3 Å². The lowest BCUT2D eigenvalue weighted by Gasteiger charge is -2.33. The summed E-state index contributed by atoms with van der Waals surface area (Å²) in [6.45, 7) is 1.31. The summed E-state index contributed by atoms with van der Waals surface area (Å²) < 4.78 is 37.5. The Labute approximate surface area is 172 Å². The maximum absolute atomic E-state index is 13.2. The lowest BCUT2D eigenvalue weighted by molar-refractivity contribution is -0.141. The zero-order valence-electron chi connectivity index (χ0n) is 16.0. The number of rotatable bonds is 7. The average Bonchev–Trinajstić information content (AvgIpc) is 2.75. The van der Waals surface area contributed by atoms with Gasteiger partial charge in [0.05, 0.1) is 22.8 Å². The van der Waals surface area contributed by atoms with Crippen molar-refractivity contribution < 1.29 is 32.7 Å². The Morgan fingerprint density at radius 3 is 2.47 bits per heavy atom. The number of aromatic nitrogens is 2. The van der Waals surface area contributed by atoms with E-state index in [2.05, 4.69) is 9.97 Å². The molecular weight excluding hydrogens is 416 g/mol. The van der Waals surface area contributed by atoms with Gasteiger partial charge in [0.1, 0.15) is 25.0 Å². The van der Waals surface area contributed by atoms with Gasteiger partial charge in [-0.25, -0.2) is 13.9 Å². The molecule has 0 spiro atoms. The van der Waals surface area contributed by atoms with Crippen molar-refractivity contribution in [3.63, 3.8) is 0 Å². The van der Waals surface area contributed by atoms with Gasteiger partial charge in [-0.05, 0) is 24.3 Å². The smallest absolute Gasteiger partial charge is 0.302 e. The van der Waals surface area contributed by atoms with Crippen LogP contribution in [0.15, 0.2) is 41.6 Å². The Morgan fingerprint density at radius 2 is 1.83 bits per heavy atom. The second-order valence-corrected chi connectivity index (χ2v) is 8.25. The van der Waals surface area contributed by atoms with Gasteiger partial charge >= 0.3 is 5.97 Å². The van der Waals surface area contributed by atoms with Crippen molar-refractivity contribution in [2.75, 3.05) is 13.2 Å². The minimum atomic E-state index is -4.09. The molecule has 11 nitrogen and oxygen atoms in total. The molecular formula is C18H20N4O7S. The number of benzene rings is 1. The van der Waals surface area contributed by atoms with E-state index in [9.17, 15) is 18.0 Å². The van der Waals surface area contributed by atoms with Crippen LogP contribution in [0.25, 0.3) is 0 Å². The first kappa shape index (κ1) is 21.6. The van der Waals surface area contributed by atoms with Crippen molar-refractivity contribution in [2.45, 2.75) is 30.8 Å². The minimum Gasteiger partial charge on any atom is -0.490 e. The fourth-order valence-corrected chi connectivity index (χ4v) is 4.53. The molecule has 1 aromatic carbocycles. The van der Waals surface area contributed by atoms with Gasteiger partial charge in [-0.3, -0.25) is 24.8 Å². The van der Waals surface area contributed by atoms with E-state index in [1.165, 1.54) is 49.1 Å². The normalized spacial score (nSPS) is 16.4. The molecule has 2 N–H and O–H groups in total. The zero-order chi connectivity index (χ0) is 21.7. The van der Waals surface area contributed by atoms with E-state index in [4.69, 9.17) is 14.7 Å². The summed E-state index contributed by atoms with van der Waals surface area (Å²) in [5.41, 5.74) is 2.45. The van der Waals surface area contributed by atoms with Crippen LogP contribution in [0.2, 0.25) is 0 Å². The number of hydroxylamine groups is 1. The SMILES string of the molecule is CC(=O)OCCOc1ccc(S(=O)(=O)N2Cc3nccnc3CC2C(=O)NO)cc1. The molecule has 1 unspecified atom stereocenters. The molecule has 0 aliphatic carbocycles. The van der Waals surface area contributed by atoms with Crippen LogP contribution in [-0.2, 0) is 37.3 Å². The fraction of sp³-hybridized carbons (Fsp3) is 0.333. The van der Waals surface area contributed by atoms with Crippen LogP contribution >= 0.6 is 0 Å². The Morgan fingerprint density at radius 1 is 1.17 bits per heavy atom. The summed E-state index contributed by atoms with van der Waals surface area (Å²) in [6.07, 6.45) is 2.88. The highest BCUT2D eigenvalue weighted by Gasteiger charge is 2.40. The number of hydrogen-bond acceptors (Lipinski definition) is 9. The van der Waals surface area contributed by atoms with E-state index in [1.807, 2.05) is 0 Å². The standard InChI is InChI=1S/C18H20N4O7S/c1-12(23)28-8-9-29-13-2-4-14(5-3-13)30(26,27)22-11-16-15(19-6-7-20-16)10-17(22)18(24)21-25/h2-7,17,25H,8-11H2,1H3,(H,21,24). The largest absolute Gasteiger partial charge is 0.490 e. The molecule has 0 saturated heterocycles. The van der Waals surface area contributed by atoms with Crippen LogP contribution in [0.3, 0.4) is 0 Å². The summed E-state index contributed by atoms with van der Waals surface area (Å²) in [4.78, 5) is 31.1. The number of hydrogen-bond donors (Lipinski definition) is 2. The molecule has 0 radical (unpaired) electrons. The number of nitrogens with one attached hydrogen (secondary N) is 1. The van der Waals surface area contributed by atoms with Crippen molar-refractivity contribution in [2.24, 2.45) is 0 Å². The highest BCUT2D eigenvalue weighted by atomic mass is 32.2. The molecule has 30 heavy (non-hydrogen) atoms. The highest BCUT2D eigenvalue weighted by Crippen LogP contribution is 2.28. The number of nitrogens with zero attached hydrogens (tertiary/aromatic N) is 3. The van der Waals surface area contributed by atoms with Crippen LogP contribution < -0.4 is 10.2 Å². The van der Waals surface area contributed by atoms with E-state index in [1.54, 1.807) is 0 Å². The van der Waals surface area contributed by atoms with E-state index < -0.39 is 27.9 Å². The van der Waals surface area contributed by atoms with E-state index in [0.29, 0.717) is 17.1 Å². The van der Waals surface area contributed by atoms with Crippen molar-refractivity contribution in [1.29, 1.82) is 0 Å². The molecule has 0 saturated carbocycles. The Balaban J connectivity index is 1.80. The van der Waals surface area contributed by atoms with Gasteiger partial charge in [0, 0.05) is 25.7 Å². The number of amides is 1. The molecule has 12 heteroatoms. The molecule has 1 aromatic heterocycles. The van der Waals surface area contributed by atoms with E-state index in [-0.39, 0.29) is 31.1 Å². The molecule has 1 aliphatic heterocycles. The molecule has 1 atom stereocenters. The molecule has 160 valence electrons. The van der Waals surface area contributed by atoms with Crippen molar-refractivity contribution in [3.05, 3.63) is 48.0 Å². The Bertz CT molecular complexity index is 1030. The molecule has 0 fully saturated rings. The monoisotopic (exact) mass is 436 g/mol. The summed E-state index contributed by atoms with van der Waals surface area (Å²) in [5, 5.41) is 9.06. The average molecular weight is 436 g/mol. The van der Waals surface area contributed by atoms with Crippen LogP contribution in [0.5, 0.6) is 5.75 Å².